The van der Waals surface area contributed by atoms with Gasteiger partial charge in [-0.2, -0.15) is 0 Å². The molecule has 11 heavy (non-hydrogen) atoms. The van der Waals surface area contributed by atoms with Crippen LogP contribution >= 0.6 is 0 Å². The van der Waals surface area contributed by atoms with Gasteiger partial charge in [-0.05, 0) is 6.42 Å². The Morgan fingerprint density at radius 3 is 2.55 bits per heavy atom. The summed E-state index contributed by atoms with van der Waals surface area (Å²) in [5, 5.41) is 4.23. The number of primary sulfonamides is 1. The highest BCUT2D eigenvalue weighted by molar-refractivity contribution is 7.89. The van der Waals surface area contributed by atoms with E-state index < -0.39 is 15.3 Å². The van der Waals surface area contributed by atoms with Gasteiger partial charge >= 0.3 is 0 Å². The second kappa shape index (κ2) is 4.48. The number of sulfonamides is 1. The molecule has 0 aliphatic heterocycles. The number of rotatable bonds is 5. The van der Waals surface area contributed by atoms with E-state index >= 15 is 0 Å². The highest BCUT2D eigenvalue weighted by Crippen LogP contribution is 2.02. The molecule has 0 saturated heterocycles. The van der Waals surface area contributed by atoms with Crippen LogP contribution in [0.3, 0.4) is 0 Å². The van der Waals surface area contributed by atoms with Crippen molar-refractivity contribution in [2.45, 2.75) is 11.7 Å². The van der Waals surface area contributed by atoms with E-state index in [1.54, 1.807) is 0 Å². The SMILES string of the molecule is C=CCC(COC)S(N)(=O)=O. The molecule has 0 aromatic heterocycles. The Labute approximate surface area is 67.1 Å². The number of ether oxygens (including phenoxy) is 1. The van der Waals surface area contributed by atoms with Crippen molar-refractivity contribution in [2.75, 3.05) is 13.7 Å². The van der Waals surface area contributed by atoms with Crippen molar-refractivity contribution in [3.05, 3.63) is 12.7 Å². The molecule has 0 rings (SSSR count). The van der Waals surface area contributed by atoms with E-state index in [-0.39, 0.29) is 6.61 Å². The molecule has 5 heteroatoms. The zero-order valence-electron chi connectivity index (χ0n) is 6.49. The van der Waals surface area contributed by atoms with E-state index in [9.17, 15) is 8.42 Å². The van der Waals surface area contributed by atoms with Gasteiger partial charge in [0.25, 0.3) is 0 Å². The Kier molecular flexibility index (Phi) is 4.32. The lowest BCUT2D eigenvalue weighted by molar-refractivity contribution is 0.197. The molecule has 0 amide bonds. The minimum absolute atomic E-state index is 0.116. The number of allylic oxidation sites excluding steroid dienone is 1. The number of hydrogen-bond acceptors (Lipinski definition) is 3. The predicted octanol–water partition coefficient (Wildman–Crippen LogP) is -0.134. The fourth-order valence-corrected chi connectivity index (χ4v) is 1.40. The lowest BCUT2D eigenvalue weighted by Crippen LogP contribution is -2.31. The smallest absolute Gasteiger partial charge is 0.214 e. The van der Waals surface area contributed by atoms with Gasteiger partial charge in [-0.15, -0.1) is 6.58 Å². The van der Waals surface area contributed by atoms with Crippen molar-refractivity contribution in [3.8, 4) is 0 Å². The quantitative estimate of drug-likeness (QED) is 0.597. The van der Waals surface area contributed by atoms with Crippen LogP contribution in [-0.4, -0.2) is 27.4 Å². The van der Waals surface area contributed by atoms with Crippen molar-refractivity contribution in [1.29, 1.82) is 0 Å². The van der Waals surface area contributed by atoms with Gasteiger partial charge in [0.1, 0.15) is 5.25 Å². The molecule has 66 valence electrons. The van der Waals surface area contributed by atoms with Gasteiger partial charge in [0.05, 0.1) is 6.61 Å². The first-order valence-electron chi connectivity index (χ1n) is 3.13. The molecule has 0 aromatic rings. The highest BCUT2D eigenvalue weighted by atomic mass is 32.2. The van der Waals surface area contributed by atoms with Crippen LogP contribution in [0.5, 0.6) is 0 Å². The van der Waals surface area contributed by atoms with Crippen LogP contribution < -0.4 is 5.14 Å². The molecule has 2 N–H and O–H groups in total. The van der Waals surface area contributed by atoms with Crippen LogP contribution in [0.4, 0.5) is 0 Å². The maximum absolute atomic E-state index is 10.8. The predicted molar refractivity (Wildman–Crippen MR) is 43.6 cm³/mol. The van der Waals surface area contributed by atoms with E-state index in [1.807, 2.05) is 0 Å². The Hall–Kier alpha value is -0.390. The van der Waals surface area contributed by atoms with Gasteiger partial charge in [0.2, 0.25) is 10.0 Å². The molecule has 0 aliphatic carbocycles. The van der Waals surface area contributed by atoms with Crippen molar-refractivity contribution >= 4 is 10.0 Å². The van der Waals surface area contributed by atoms with E-state index in [0.29, 0.717) is 6.42 Å². The van der Waals surface area contributed by atoms with E-state index in [2.05, 4.69) is 11.3 Å². The largest absolute Gasteiger partial charge is 0.383 e. The standard InChI is InChI=1S/C6H13NO3S/c1-3-4-6(5-10-2)11(7,8)9/h3,6H,1,4-5H2,2H3,(H2,7,8,9). The second-order valence-electron chi connectivity index (χ2n) is 2.19. The lowest BCUT2D eigenvalue weighted by Gasteiger charge is -2.10. The molecular formula is C6H13NO3S. The number of nitrogens with two attached hydrogens (primary N) is 1. The third-order valence-corrected chi connectivity index (χ3v) is 2.50. The zero-order chi connectivity index (χ0) is 8.91. The van der Waals surface area contributed by atoms with Crippen LogP contribution in [0.25, 0.3) is 0 Å². The van der Waals surface area contributed by atoms with Gasteiger partial charge in [-0.3, -0.25) is 0 Å². The van der Waals surface area contributed by atoms with Gasteiger partial charge in [0.15, 0.2) is 0 Å². The van der Waals surface area contributed by atoms with E-state index in [4.69, 9.17) is 5.14 Å². The Morgan fingerprint density at radius 1 is 1.73 bits per heavy atom. The molecule has 0 fully saturated rings. The van der Waals surface area contributed by atoms with Gasteiger partial charge in [0, 0.05) is 7.11 Å². The van der Waals surface area contributed by atoms with Crippen LogP contribution in [-0.2, 0) is 14.8 Å². The number of methoxy groups -OCH3 is 1. The molecule has 0 saturated carbocycles. The molecule has 0 heterocycles. The summed E-state index contributed by atoms with van der Waals surface area (Å²) in [7, 11) is -2.05. The molecule has 1 unspecified atom stereocenters. The van der Waals surface area contributed by atoms with Crippen molar-refractivity contribution in [3.63, 3.8) is 0 Å². The average Bonchev–Trinajstić information content (AvgIpc) is 1.85. The topological polar surface area (TPSA) is 69.4 Å². The monoisotopic (exact) mass is 179 g/mol. The third-order valence-electron chi connectivity index (χ3n) is 1.25. The zero-order valence-corrected chi connectivity index (χ0v) is 7.30. The van der Waals surface area contributed by atoms with Gasteiger partial charge in [-0.25, -0.2) is 13.6 Å². The van der Waals surface area contributed by atoms with Gasteiger partial charge < -0.3 is 4.74 Å². The summed E-state index contributed by atoms with van der Waals surface area (Å²) in [6.45, 7) is 3.54. The summed E-state index contributed by atoms with van der Waals surface area (Å²) in [6.07, 6.45) is 1.83. The Morgan fingerprint density at radius 2 is 2.27 bits per heavy atom. The molecule has 4 nitrogen and oxygen atoms in total. The maximum Gasteiger partial charge on any atom is 0.214 e. The maximum atomic E-state index is 10.8. The molecule has 0 radical (unpaired) electrons. The van der Waals surface area contributed by atoms with Crippen molar-refractivity contribution < 1.29 is 13.2 Å². The number of hydrogen-bond donors (Lipinski definition) is 1. The fraction of sp³-hybridized carbons (Fsp3) is 0.667. The summed E-state index contributed by atoms with van der Waals surface area (Å²) in [5.74, 6) is 0. The first-order valence-corrected chi connectivity index (χ1v) is 4.74. The molecule has 1 atom stereocenters. The van der Waals surface area contributed by atoms with Crippen molar-refractivity contribution in [1.82, 2.24) is 0 Å². The normalized spacial score (nSPS) is 14.4. The Balaban J connectivity index is 4.21. The molecule has 0 bridgehead atoms. The Bertz CT molecular complexity index is 210. The average molecular weight is 179 g/mol. The van der Waals surface area contributed by atoms with Crippen LogP contribution in [0.1, 0.15) is 6.42 Å². The first kappa shape index (κ1) is 10.6. The van der Waals surface area contributed by atoms with Crippen LogP contribution in [0.2, 0.25) is 0 Å². The molecule has 0 aliphatic rings. The first-order chi connectivity index (χ1) is 5.02. The summed E-state index contributed by atoms with van der Waals surface area (Å²) in [4.78, 5) is 0. The van der Waals surface area contributed by atoms with E-state index in [1.165, 1.54) is 13.2 Å². The molecule has 0 spiro atoms. The second-order valence-corrected chi connectivity index (χ2v) is 4.04. The summed E-state index contributed by atoms with van der Waals surface area (Å²) < 4.78 is 26.2. The molecule has 0 aromatic carbocycles. The van der Waals surface area contributed by atoms with Crippen LogP contribution in [0.15, 0.2) is 12.7 Å². The fourth-order valence-electron chi connectivity index (χ4n) is 0.669. The highest BCUT2D eigenvalue weighted by Gasteiger charge is 2.18. The lowest BCUT2D eigenvalue weighted by atomic mass is 10.3. The van der Waals surface area contributed by atoms with Crippen molar-refractivity contribution in [2.24, 2.45) is 5.14 Å². The third kappa shape index (κ3) is 4.13. The van der Waals surface area contributed by atoms with Gasteiger partial charge in [-0.1, -0.05) is 6.08 Å². The minimum atomic E-state index is -3.49. The summed E-state index contributed by atoms with van der Waals surface area (Å²) in [5.41, 5.74) is 0. The summed E-state index contributed by atoms with van der Waals surface area (Å²) >= 11 is 0. The van der Waals surface area contributed by atoms with Crippen LogP contribution in [0, 0.1) is 0 Å². The minimum Gasteiger partial charge on any atom is -0.383 e. The van der Waals surface area contributed by atoms with E-state index in [0.717, 1.165) is 0 Å². The summed E-state index contributed by atoms with van der Waals surface area (Å²) in [6, 6.07) is 0. The molecular weight excluding hydrogens is 166 g/mol.